The summed E-state index contributed by atoms with van der Waals surface area (Å²) in [4.78, 5) is 7.72. The van der Waals surface area contributed by atoms with Crippen LogP contribution >= 0.6 is 0 Å². The molecule has 2 aromatic rings. The minimum Gasteiger partial charge on any atom is -0.383 e. The molecule has 0 radical (unpaired) electrons. The predicted molar refractivity (Wildman–Crippen MR) is 103 cm³/mol. The van der Waals surface area contributed by atoms with E-state index in [2.05, 4.69) is 9.97 Å². The molecule has 3 rings (SSSR count). The summed E-state index contributed by atoms with van der Waals surface area (Å²) in [5.74, 6) is -1.99. The summed E-state index contributed by atoms with van der Waals surface area (Å²) in [6.07, 6.45) is 6.37. The number of halogens is 2. The lowest BCUT2D eigenvalue weighted by atomic mass is 9.99. The zero-order valence-electron chi connectivity index (χ0n) is 15.1. The van der Waals surface area contributed by atoms with Gasteiger partial charge >= 0.3 is 0 Å². The Balaban J connectivity index is 2.06. The summed E-state index contributed by atoms with van der Waals surface area (Å²) < 4.78 is 63.7. The topological polar surface area (TPSA) is 103 Å². The highest BCUT2D eigenvalue weighted by Crippen LogP contribution is 2.37. The molecule has 6 nitrogen and oxygen atoms in total. The average molecular weight is 427 g/mol. The first-order chi connectivity index (χ1) is 13.2. The second kappa shape index (κ2) is 8.04. The Morgan fingerprint density at radius 2 is 1.89 bits per heavy atom. The number of nitrogens with two attached hydrogens (primary N) is 1. The van der Waals surface area contributed by atoms with E-state index < -0.39 is 37.2 Å². The van der Waals surface area contributed by atoms with Crippen molar-refractivity contribution < 1.29 is 21.4 Å². The molecule has 1 atom stereocenters. The third-order valence-electron chi connectivity index (χ3n) is 4.60. The number of sulfone groups is 1. The largest absolute Gasteiger partial charge is 0.383 e. The number of rotatable bonds is 5. The van der Waals surface area contributed by atoms with E-state index in [1.54, 1.807) is 0 Å². The van der Waals surface area contributed by atoms with Gasteiger partial charge in [0.25, 0.3) is 0 Å². The number of aromatic nitrogens is 2. The Labute approximate surface area is 164 Å². The summed E-state index contributed by atoms with van der Waals surface area (Å²) in [7, 11) is -5.63. The Bertz CT molecular complexity index is 1070. The van der Waals surface area contributed by atoms with Gasteiger partial charge in [0.1, 0.15) is 22.3 Å². The lowest BCUT2D eigenvalue weighted by Crippen LogP contribution is -2.10. The number of anilines is 1. The van der Waals surface area contributed by atoms with Gasteiger partial charge in [-0.15, -0.1) is 0 Å². The minimum absolute atomic E-state index is 0.00753. The van der Waals surface area contributed by atoms with Crippen LogP contribution in [-0.2, 0) is 20.6 Å². The smallest absolute Gasteiger partial charge is 0.220 e. The molecule has 1 fully saturated rings. The van der Waals surface area contributed by atoms with Crippen LogP contribution in [0.3, 0.4) is 0 Å². The molecule has 1 aliphatic carbocycles. The number of hydrogen-bond donors (Lipinski definition) is 1. The zero-order valence-corrected chi connectivity index (χ0v) is 16.7. The first kappa shape index (κ1) is 20.5. The molecule has 28 heavy (non-hydrogen) atoms. The van der Waals surface area contributed by atoms with E-state index in [1.807, 2.05) is 0 Å². The van der Waals surface area contributed by atoms with Gasteiger partial charge in [-0.1, -0.05) is 12.8 Å². The van der Waals surface area contributed by atoms with E-state index in [1.165, 1.54) is 12.3 Å². The van der Waals surface area contributed by atoms with E-state index in [0.717, 1.165) is 43.2 Å². The Kier molecular flexibility index (Phi) is 5.90. The van der Waals surface area contributed by atoms with Crippen LogP contribution in [0.5, 0.6) is 0 Å². The monoisotopic (exact) mass is 427 g/mol. The van der Waals surface area contributed by atoms with Crippen molar-refractivity contribution in [1.29, 1.82) is 0 Å². The third kappa shape index (κ3) is 4.27. The van der Waals surface area contributed by atoms with E-state index >= 15 is 0 Å². The zero-order chi connectivity index (χ0) is 20.5. The maximum atomic E-state index is 13.9. The quantitative estimate of drug-likeness (QED) is 0.581. The average Bonchev–Trinajstić information content (AvgIpc) is 3.14. The summed E-state index contributed by atoms with van der Waals surface area (Å²) >= 11 is 0. The Hall–Kier alpha value is -2.20. The fourth-order valence-corrected chi connectivity index (χ4v) is 4.73. The van der Waals surface area contributed by atoms with Crippen LogP contribution in [0.2, 0.25) is 0 Å². The van der Waals surface area contributed by atoms with Gasteiger partial charge in [0.2, 0.25) is 15.0 Å². The molecular weight excluding hydrogens is 408 g/mol. The van der Waals surface area contributed by atoms with Crippen LogP contribution in [0.25, 0.3) is 6.08 Å². The van der Waals surface area contributed by atoms with Gasteiger partial charge in [0, 0.05) is 29.2 Å². The fourth-order valence-electron chi connectivity index (χ4n) is 3.23. The highest BCUT2D eigenvalue weighted by Gasteiger charge is 2.25. The van der Waals surface area contributed by atoms with Gasteiger partial charge < -0.3 is 5.73 Å². The van der Waals surface area contributed by atoms with Crippen LogP contribution in [-0.4, -0.2) is 28.9 Å². The first-order valence-electron chi connectivity index (χ1n) is 8.58. The summed E-state index contributed by atoms with van der Waals surface area (Å²) in [6, 6.07) is 2.25. The molecule has 1 aromatic heterocycles. The molecule has 1 aromatic carbocycles. The highest BCUT2D eigenvalue weighted by molar-refractivity contribution is 7.94. The Morgan fingerprint density at radius 3 is 2.50 bits per heavy atom. The van der Waals surface area contributed by atoms with Crippen molar-refractivity contribution in [3.63, 3.8) is 0 Å². The highest BCUT2D eigenvalue weighted by atomic mass is 32.2. The minimum atomic E-state index is -4.18. The summed E-state index contributed by atoms with van der Waals surface area (Å²) in [5, 5.41) is 0.892. The fraction of sp³-hybridized carbons (Fsp3) is 0.333. The van der Waals surface area contributed by atoms with Gasteiger partial charge in [-0.25, -0.2) is 27.2 Å². The van der Waals surface area contributed by atoms with Crippen molar-refractivity contribution in [3.8, 4) is 0 Å². The number of nitrogens with zero attached hydrogens (tertiary/aromatic N) is 2. The van der Waals surface area contributed by atoms with Crippen LogP contribution in [0, 0.1) is 11.6 Å². The molecule has 1 unspecified atom stereocenters. The maximum Gasteiger partial charge on any atom is 0.220 e. The van der Waals surface area contributed by atoms with Crippen LogP contribution in [0.1, 0.15) is 42.9 Å². The molecule has 2 N–H and O–H groups in total. The number of benzene rings is 1. The summed E-state index contributed by atoms with van der Waals surface area (Å²) in [5.41, 5.74) is 6.85. The van der Waals surface area contributed by atoms with Gasteiger partial charge in [-0.3, -0.25) is 4.21 Å². The molecule has 1 saturated carbocycles. The molecule has 0 amide bonds. The molecule has 10 heteroatoms. The lowest BCUT2D eigenvalue weighted by Gasteiger charge is -2.14. The lowest BCUT2D eigenvalue weighted by molar-refractivity contribution is 0.552. The van der Waals surface area contributed by atoms with Gasteiger partial charge in [-0.05, 0) is 31.1 Å². The van der Waals surface area contributed by atoms with Crippen molar-refractivity contribution in [2.24, 2.45) is 0 Å². The van der Waals surface area contributed by atoms with Crippen molar-refractivity contribution in [1.82, 2.24) is 9.97 Å². The van der Waals surface area contributed by atoms with Crippen molar-refractivity contribution in [3.05, 3.63) is 46.5 Å². The predicted octanol–water partition coefficient (Wildman–Crippen LogP) is 3.18. The first-order valence-corrected chi connectivity index (χ1v) is 11.7. The third-order valence-corrected chi connectivity index (χ3v) is 6.73. The van der Waals surface area contributed by atoms with E-state index in [4.69, 9.17) is 5.73 Å². The molecule has 0 saturated heterocycles. The van der Waals surface area contributed by atoms with Gasteiger partial charge in [0.15, 0.2) is 0 Å². The van der Waals surface area contributed by atoms with E-state index in [-0.39, 0.29) is 16.9 Å². The molecule has 1 aliphatic rings. The van der Waals surface area contributed by atoms with E-state index in [9.17, 15) is 21.4 Å². The van der Waals surface area contributed by atoms with Crippen LogP contribution in [0.4, 0.5) is 14.6 Å². The second-order valence-corrected chi connectivity index (χ2v) is 9.62. The van der Waals surface area contributed by atoms with Gasteiger partial charge in [-0.2, -0.15) is 0 Å². The number of hydrogen-bond acceptors (Lipinski definition) is 6. The molecule has 1 heterocycles. The maximum absolute atomic E-state index is 13.9. The number of nitrogen functional groups attached to an aromatic ring is 1. The SMILES string of the molecule is CS(=O)c1nc(N)c(C=CS(=O)(=O)c2ccc(F)cc2F)c(C2CCCC2)n1. The van der Waals surface area contributed by atoms with Crippen molar-refractivity contribution >= 4 is 32.5 Å². The molecular formula is C18H19F2N3O3S2. The van der Waals surface area contributed by atoms with E-state index in [0.29, 0.717) is 17.3 Å². The van der Waals surface area contributed by atoms with Gasteiger partial charge in [0.05, 0.1) is 16.5 Å². The molecule has 0 aliphatic heterocycles. The second-order valence-electron chi connectivity index (χ2n) is 6.55. The van der Waals surface area contributed by atoms with Crippen LogP contribution in [0.15, 0.2) is 33.7 Å². The molecule has 0 spiro atoms. The van der Waals surface area contributed by atoms with Crippen LogP contribution < -0.4 is 5.73 Å². The van der Waals surface area contributed by atoms with Crippen molar-refractivity contribution in [2.75, 3.05) is 12.0 Å². The molecule has 150 valence electrons. The van der Waals surface area contributed by atoms with Crippen molar-refractivity contribution in [2.45, 2.75) is 41.7 Å². The summed E-state index contributed by atoms with van der Waals surface area (Å²) in [6.45, 7) is 0. The Morgan fingerprint density at radius 1 is 1.21 bits per heavy atom. The normalized spacial score (nSPS) is 16.7. The molecule has 0 bridgehead atoms. The standard InChI is InChI=1S/C18H19F2N3O3S2/c1-27(24)18-22-16(11-4-2-3-5-11)13(17(21)23-18)8-9-28(25,26)15-7-6-12(19)10-14(15)20/h6-11H,2-5H2,1H3,(H2,21,22,23).